The molecule has 0 bridgehead atoms. The molecule has 3 aromatic heterocycles. The van der Waals surface area contributed by atoms with Crippen LogP contribution >= 0.6 is 0 Å². The van der Waals surface area contributed by atoms with E-state index in [2.05, 4.69) is 40.1 Å². The second-order valence-corrected chi connectivity index (χ2v) is 4.81. The van der Waals surface area contributed by atoms with Crippen molar-refractivity contribution in [1.29, 1.82) is 0 Å². The van der Waals surface area contributed by atoms with E-state index in [9.17, 15) is 0 Å². The fourth-order valence-electron chi connectivity index (χ4n) is 2.35. The largest absolute Gasteiger partial charge is 0.346 e. The first-order valence-electron chi connectivity index (χ1n) is 6.62. The fourth-order valence-corrected chi connectivity index (χ4v) is 2.35. The zero-order valence-electron chi connectivity index (χ0n) is 11.2. The van der Waals surface area contributed by atoms with Crippen LogP contribution in [0.2, 0.25) is 0 Å². The van der Waals surface area contributed by atoms with Crippen molar-refractivity contribution < 1.29 is 0 Å². The van der Waals surface area contributed by atoms with Gasteiger partial charge in [-0.2, -0.15) is 5.10 Å². The van der Waals surface area contributed by atoms with E-state index < -0.39 is 0 Å². The molecule has 0 aromatic carbocycles. The molecule has 1 N–H and O–H groups in total. The highest BCUT2D eigenvalue weighted by Gasteiger charge is 2.11. The van der Waals surface area contributed by atoms with Gasteiger partial charge in [0.15, 0.2) is 0 Å². The molecule has 0 saturated heterocycles. The van der Waals surface area contributed by atoms with Gasteiger partial charge in [0.1, 0.15) is 12.0 Å². The number of nitrogens with zero attached hydrogens (tertiary/aromatic N) is 4. The van der Waals surface area contributed by atoms with Crippen molar-refractivity contribution in [3.8, 4) is 11.3 Å². The molecule has 1 atom stereocenters. The van der Waals surface area contributed by atoms with Gasteiger partial charge >= 0.3 is 0 Å². The first-order valence-corrected chi connectivity index (χ1v) is 6.62. The first kappa shape index (κ1) is 11.9. The minimum absolute atomic E-state index is 0.419. The normalized spacial score (nSPS) is 12.9. The second kappa shape index (κ2) is 4.84. The number of hydrogen-bond donors (Lipinski definition) is 1. The van der Waals surface area contributed by atoms with E-state index in [-0.39, 0.29) is 0 Å². The Morgan fingerprint density at radius 1 is 1.37 bits per heavy atom. The van der Waals surface area contributed by atoms with Crippen LogP contribution in [0, 0.1) is 0 Å². The van der Waals surface area contributed by atoms with Gasteiger partial charge in [-0.3, -0.25) is 4.68 Å². The average molecular weight is 255 g/mol. The van der Waals surface area contributed by atoms with Gasteiger partial charge in [-0.05, 0) is 19.4 Å². The lowest BCUT2D eigenvalue weighted by Crippen LogP contribution is -2.04. The van der Waals surface area contributed by atoms with Crippen molar-refractivity contribution in [1.82, 2.24) is 24.7 Å². The predicted molar refractivity (Wildman–Crippen MR) is 74.7 cm³/mol. The molecule has 98 valence electrons. The number of hydrogen-bond acceptors (Lipinski definition) is 3. The lowest BCUT2D eigenvalue weighted by atomic mass is 10.2. The summed E-state index contributed by atoms with van der Waals surface area (Å²) >= 11 is 0. The van der Waals surface area contributed by atoms with Crippen molar-refractivity contribution >= 4 is 11.0 Å². The van der Waals surface area contributed by atoms with Gasteiger partial charge in [0.25, 0.3) is 0 Å². The van der Waals surface area contributed by atoms with Crippen LogP contribution in [0.15, 0.2) is 31.0 Å². The summed E-state index contributed by atoms with van der Waals surface area (Å²) in [6, 6.07) is 2.42. The molecule has 3 aromatic rings. The van der Waals surface area contributed by atoms with Crippen LogP contribution in [0.3, 0.4) is 0 Å². The average Bonchev–Trinajstić information content (AvgIpc) is 3.07. The molecule has 0 aliphatic rings. The molecule has 3 rings (SSSR count). The quantitative estimate of drug-likeness (QED) is 0.779. The van der Waals surface area contributed by atoms with Crippen LogP contribution < -0.4 is 0 Å². The Morgan fingerprint density at radius 3 is 3.11 bits per heavy atom. The number of fused-ring (bicyclic) bond motifs is 1. The van der Waals surface area contributed by atoms with E-state index in [0.29, 0.717) is 6.04 Å². The van der Waals surface area contributed by atoms with E-state index in [4.69, 9.17) is 0 Å². The van der Waals surface area contributed by atoms with Crippen LogP contribution in [0.5, 0.6) is 0 Å². The summed E-state index contributed by atoms with van der Waals surface area (Å²) in [5.74, 6) is 0. The standard InChI is InChI=1S/C14H17N5/c1-3-4-10(2)19-8-11(7-18-19)13-12-5-6-15-14(12)17-9-16-13/h5-10H,3-4H2,1-2H3,(H,15,16,17). The van der Waals surface area contributed by atoms with Gasteiger partial charge in [-0.25, -0.2) is 9.97 Å². The second-order valence-electron chi connectivity index (χ2n) is 4.81. The summed E-state index contributed by atoms with van der Waals surface area (Å²) in [6.45, 7) is 4.38. The summed E-state index contributed by atoms with van der Waals surface area (Å²) in [4.78, 5) is 11.7. The molecule has 5 heteroatoms. The molecular formula is C14H17N5. The summed E-state index contributed by atoms with van der Waals surface area (Å²) in [5.41, 5.74) is 2.83. The number of aromatic amines is 1. The van der Waals surface area contributed by atoms with Gasteiger partial charge in [0, 0.05) is 29.4 Å². The van der Waals surface area contributed by atoms with Crippen molar-refractivity contribution in [2.45, 2.75) is 32.7 Å². The molecule has 0 fully saturated rings. The lowest BCUT2D eigenvalue weighted by Gasteiger charge is -2.09. The molecule has 5 nitrogen and oxygen atoms in total. The Hall–Kier alpha value is -2.17. The molecule has 0 spiro atoms. The summed E-state index contributed by atoms with van der Waals surface area (Å²) in [6.07, 6.45) is 9.69. The highest BCUT2D eigenvalue weighted by Crippen LogP contribution is 2.25. The van der Waals surface area contributed by atoms with Crippen LogP contribution in [-0.4, -0.2) is 24.7 Å². The molecule has 0 radical (unpaired) electrons. The maximum absolute atomic E-state index is 4.45. The summed E-state index contributed by atoms with van der Waals surface area (Å²) in [7, 11) is 0. The third kappa shape index (κ3) is 2.12. The van der Waals surface area contributed by atoms with Gasteiger partial charge < -0.3 is 4.98 Å². The molecule has 0 aliphatic carbocycles. The first-order chi connectivity index (χ1) is 9.29. The maximum Gasteiger partial charge on any atom is 0.141 e. The van der Waals surface area contributed by atoms with Crippen molar-refractivity contribution in [3.63, 3.8) is 0 Å². The smallest absolute Gasteiger partial charge is 0.141 e. The lowest BCUT2D eigenvalue weighted by molar-refractivity contribution is 0.455. The van der Waals surface area contributed by atoms with E-state index in [0.717, 1.165) is 35.1 Å². The van der Waals surface area contributed by atoms with Crippen molar-refractivity contribution in [2.24, 2.45) is 0 Å². The molecular weight excluding hydrogens is 238 g/mol. The highest BCUT2D eigenvalue weighted by molar-refractivity contribution is 5.89. The van der Waals surface area contributed by atoms with Crippen LogP contribution in [0.1, 0.15) is 32.7 Å². The maximum atomic E-state index is 4.45. The Bertz CT molecular complexity index is 682. The number of rotatable bonds is 4. The molecule has 0 saturated carbocycles. The molecule has 19 heavy (non-hydrogen) atoms. The zero-order valence-corrected chi connectivity index (χ0v) is 11.2. The highest BCUT2D eigenvalue weighted by atomic mass is 15.3. The van der Waals surface area contributed by atoms with Crippen LogP contribution in [0.4, 0.5) is 0 Å². The van der Waals surface area contributed by atoms with Crippen molar-refractivity contribution in [2.75, 3.05) is 0 Å². The fraction of sp³-hybridized carbons (Fsp3) is 0.357. The third-order valence-electron chi connectivity index (χ3n) is 3.39. The zero-order chi connectivity index (χ0) is 13.2. The van der Waals surface area contributed by atoms with E-state index in [1.165, 1.54) is 0 Å². The summed E-state index contributed by atoms with van der Waals surface area (Å²) in [5, 5.41) is 5.48. The number of H-pyrrole nitrogens is 1. The minimum Gasteiger partial charge on any atom is -0.346 e. The SMILES string of the molecule is CCCC(C)n1cc(-c2ncnc3[nH]ccc23)cn1. The molecule has 0 aliphatic heterocycles. The molecule has 0 amide bonds. The van der Waals surface area contributed by atoms with E-state index in [1.807, 2.05) is 23.1 Å². The Labute approximate surface area is 111 Å². The third-order valence-corrected chi connectivity index (χ3v) is 3.39. The van der Waals surface area contributed by atoms with E-state index >= 15 is 0 Å². The Kier molecular flexibility index (Phi) is 3.03. The number of nitrogens with one attached hydrogen (secondary N) is 1. The van der Waals surface area contributed by atoms with Gasteiger partial charge in [0.2, 0.25) is 0 Å². The van der Waals surface area contributed by atoms with Gasteiger partial charge in [-0.1, -0.05) is 13.3 Å². The Balaban J connectivity index is 2.00. The van der Waals surface area contributed by atoms with Crippen LogP contribution in [-0.2, 0) is 0 Å². The monoisotopic (exact) mass is 255 g/mol. The van der Waals surface area contributed by atoms with Gasteiger partial charge in [0.05, 0.1) is 11.9 Å². The Morgan fingerprint density at radius 2 is 2.26 bits per heavy atom. The summed E-state index contributed by atoms with van der Waals surface area (Å²) < 4.78 is 2.01. The van der Waals surface area contributed by atoms with E-state index in [1.54, 1.807) is 6.33 Å². The van der Waals surface area contributed by atoms with Gasteiger partial charge in [-0.15, -0.1) is 0 Å². The van der Waals surface area contributed by atoms with Crippen LogP contribution in [0.25, 0.3) is 22.3 Å². The minimum atomic E-state index is 0.419. The predicted octanol–water partition coefficient (Wildman–Crippen LogP) is 3.18. The number of aromatic nitrogens is 5. The topological polar surface area (TPSA) is 59.4 Å². The molecule has 1 unspecified atom stereocenters. The van der Waals surface area contributed by atoms with Crippen molar-refractivity contribution in [3.05, 3.63) is 31.0 Å². The molecule has 3 heterocycles.